The van der Waals surface area contributed by atoms with Crippen LogP contribution in [0.3, 0.4) is 0 Å². The Bertz CT molecular complexity index is 3080. The van der Waals surface area contributed by atoms with Crippen LogP contribution in [0.4, 0.5) is 0 Å². The van der Waals surface area contributed by atoms with Crippen molar-refractivity contribution >= 4 is 75.4 Å². The first-order chi connectivity index (χ1) is 25.3. The molecule has 11 rings (SSSR count). The van der Waals surface area contributed by atoms with Crippen molar-refractivity contribution in [3.63, 3.8) is 0 Å². The molecule has 7 aromatic carbocycles. The number of fused-ring (bicyclic) bond motifs is 9. The number of nitrogens with zero attached hydrogens (tertiary/aromatic N) is 3. The van der Waals surface area contributed by atoms with Crippen LogP contribution in [0.5, 0.6) is 0 Å². The first-order valence-electron chi connectivity index (χ1n) is 17.1. The zero-order chi connectivity index (χ0) is 33.5. The zero-order valence-electron chi connectivity index (χ0n) is 27.2. The van der Waals surface area contributed by atoms with Crippen molar-refractivity contribution in [2.45, 2.75) is 0 Å². The van der Waals surface area contributed by atoms with Gasteiger partial charge in [0.15, 0.2) is 11.6 Å². The summed E-state index contributed by atoms with van der Waals surface area (Å²) in [5, 5.41) is 5.58. The molecule has 0 unspecified atom stereocenters. The van der Waals surface area contributed by atoms with Crippen LogP contribution >= 0.6 is 11.3 Å². The van der Waals surface area contributed by atoms with E-state index in [0.717, 1.165) is 82.2 Å². The molecule has 0 aliphatic rings. The van der Waals surface area contributed by atoms with Crippen LogP contribution in [0.2, 0.25) is 0 Å². The van der Waals surface area contributed by atoms with Crippen molar-refractivity contribution in [2.75, 3.05) is 0 Å². The summed E-state index contributed by atoms with van der Waals surface area (Å²) in [7, 11) is 0. The maximum atomic E-state index is 6.79. The maximum Gasteiger partial charge on any atom is 0.163 e. The second kappa shape index (κ2) is 11.0. The molecule has 4 heterocycles. The predicted molar refractivity (Wildman–Crippen MR) is 213 cm³/mol. The lowest BCUT2D eigenvalue weighted by Gasteiger charge is -2.11. The molecule has 5 heteroatoms. The summed E-state index contributed by atoms with van der Waals surface area (Å²) in [5.41, 5.74) is 10.2. The minimum absolute atomic E-state index is 0.669. The SMILES string of the molecule is c1ccc(-c2cc(-c3ccccc3)c3oc4cccc(-c5nc(-n6c7ccccc7c7ccccc76)c6sc7ccccc7c6n5)c4c3c2)cc1. The standard InChI is InChI=1S/C46H27N3OS/c1-3-14-28(15-4-1)30-26-35(29-16-5-2-6-17-29)43-36(27-30)41-34(21-13-24-39(41)50-43)45-47-42-33-20-9-12-25-40(33)51-44(42)46(48-45)49-37-22-10-7-18-31(37)32-19-8-11-23-38(32)49/h1-27H. The molecule has 0 spiro atoms. The highest BCUT2D eigenvalue weighted by Gasteiger charge is 2.23. The number of para-hydroxylation sites is 2. The molecule has 51 heavy (non-hydrogen) atoms. The highest BCUT2D eigenvalue weighted by Crippen LogP contribution is 2.45. The Labute approximate surface area is 296 Å². The van der Waals surface area contributed by atoms with Crippen LogP contribution in [-0.4, -0.2) is 14.5 Å². The van der Waals surface area contributed by atoms with E-state index in [1.165, 1.54) is 15.5 Å². The van der Waals surface area contributed by atoms with E-state index in [4.69, 9.17) is 14.4 Å². The third kappa shape index (κ3) is 4.25. The van der Waals surface area contributed by atoms with E-state index in [1.807, 2.05) is 0 Å². The number of hydrogen-bond acceptors (Lipinski definition) is 4. The fourth-order valence-corrected chi connectivity index (χ4v) is 8.87. The average molecular weight is 670 g/mol. The van der Waals surface area contributed by atoms with E-state index < -0.39 is 0 Å². The van der Waals surface area contributed by atoms with Gasteiger partial charge in [0, 0.05) is 42.8 Å². The summed E-state index contributed by atoms with van der Waals surface area (Å²) in [4.78, 5) is 10.9. The van der Waals surface area contributed by atoms with Crippen molar-refractivity contribution in [3.8, 4) is 39.5 Å². The molecule has 11 aromatic rings. The molecule has 0 saturated heterocycles. The molecule has 0 N–H and O–H groups in total. The fourth-order valence-electron chi connectivity index (χ4n) is 7.74. The quantitative estimate of drug-likeness (QED) is 0.187. The van der Waals surface area contributed by atoms with Crippen molar-refractivity contribution in [3.05, 3.63) is 164 Å². The zero-order valence-corrected chi connectivity index (χ0v) is 28.1. The Morgan fingerprint density at radius 1 is 0.490 bits per heavy atom. The molecular weight excluding hydrogens is 643 g/mol. The second-order valence-corrected chi connectivity index (χ2v) is 14.0. The van der Waals surface area contributed by atoms with E-state index in [9.17, 15) is 0 Å². The molecule has 0 fully saturated rings. The summed E-state index contributed by atoms with van der Waals surface area (Å²) in [6, 6.07) is 57.6. The highest BCUT2D eigenvalue weighted by atomic mass is 32.1. The Morgan fingerprint density at radius 3 is 1.88 bits per heavy atom. The minimum atomic E-state index is 0.669. The molecule has 238 valence electrons. The average Bonchev–Trinajstić information content (AvgIpc) is 3.88. The lowest BCUT2D eigenvalue weighted by atomic mass is 9.95. The molecule has 0 atom stereocenters. The normalized spacial score (nSPS) is 11.9. The van der Waals surface area contributed by atoms with E-state index in [-0.39, 0.29) is 0 Å². The van der Waals surface area contributed by atoms with Gasteiger partial charge in [-0.3, -0.25) is 4.57 Å². The topological polar surface area (TPSA) is 43.9 Å². The van der Waals surface area contributed by atoms with E-state index in [1.54, 1.807) is 11.3 Å². The molecule has 0 aliphatic heterocycles. The van der Waals surface area contributed by atoms with Gasteiger partial charge in [0.25, 0.3) is 0 Å². The Hall–Kier alpha value is -6.56. The minimum Gasteiger partial charge on any atom is -0.455 e. The van der Waals surface area contributed by atoms with Gasteiger partial charge < -0.3 is 4.42 Å². The first kappa shape index (κ1) is 28.3. The van der Waals surface area contributed by atoms with E-state index in [2.05, 4.69) is 168 Å². The number of hydrogen-bond donors (Lipinski definition) is 0. The third-order valence-corrected chi connectivity index (χ3v) is 11.2. The van der Waals surface area contributed by atoms with Gasteiger partial charge in [-0.05, 0) is 53.1 Å². The van der Waals surface area contributed by atoms with Crippen LogP contribution in [0.15, 0.2) is 168 Å². The third-order valence-electron chi connectivity index (χ3n) is 10.0. The first-order valence-corrected chi connectivity index (χ1v) is 17.9. The molecule has 0 amide bonds. The van der Waals surface area contributed by atoms with Crippen LogP contribution in [-0.2, 0) is 0 Å². The molecule has 4 nitrogen and oxygen atoms in total. The van der Waals surface area contributed by atoms with Gasteiger partial charge in [0.05, 0.1) is 21.3 Å². The van der Waals surface area contributed by atoms with Crippen molar-refractivity contribution in [1.29, 1.82) is 0 Å². The Morgan fingerprint density at radius 2 is 1.14 bits per heavy atom. The summed E-state index contributed by atoms with van der Waals surface area (Å²) < 4.78 is 11.4. The summed E-state index contributed by atoms with van der Waals surface area (Å²) >= 11 is 1.75. The smallest absolute Gasteiger partial charge is 0.163 e. The van der Waals surface area contributed by atoms with Crippen molar-refractivity contribution in [2.24, 2.45) is 0 Å². The molecule has 0 saturated carbocycles. The van der Waals surface area contributed by atoms with Crippen molar-refractivity contribution in [1.82, 2.24) is 14.5 Å². The molecular formula is C46H27N3OS. The van der Waals surface area contributed by atoms with Crippen LogP contribution in [0.25, 0.3) is 104 Å². The van der Waals surface area contributed by atoms with Gasteiger partial charge in [-0.25, -0.2) is 9.97 Å². The molecule has 0 radical (unpaired) electrons. The molecule has 4 aromatic heterocycles. The van der Waals surface area contributed by atoms with Gasteiger partial charge in [-0.1, -0.05) is 127 Å². The molecule has 0 bridgehead atoms. The van der Waals surface area contributed by atoms with Gasteiger partial charge in [0.1, 0.15) is 11.2 Å². The van der Waals surface area contributed by atoms with Gasteiger partial charge in [-0.15, -0.1) is 11.3 Å². The second-order valence-electron chi connectivity index (χ2n) is 12.9. The van der Waals surface area contributed by atoms with Crippen LogP contribution in [0, 0.1) is 0 Å². The van der Waals surface area contributed by atoms with Gasteiger partial charge in [0.2, 0.25) is 0 Å². The lowest BCUT2D eigenvalue weighted by Crippen LogP contribution is -2.01. The van der Waals surface area contributed by atoms with E-state index in [0.29, 0.717) is 5.82 Å². The Kier molecular flexibility index (Phi) is 6.09. The van der Waals surface area contributed by atoms with Gasteiger partial charge >= 0.3 is 0 Å². The molecule has 0 aliphatic carbocycles. The predicted octanol–water partition coefficient (Wildman–Crippen LogP) is 12.8. The maximum absolute atomic E-state index is 6.79. The lowest BCUT2D eigenvalue weighted by molar-refractivity contribution is 0.670. The number of furan rings is 1. The number of benzene rings is 7. The summed E-state index contributed by atoms with van der Waals surface area (Å²) in [5.74, 6) is 1.55. The number of aromatic nitrogens is 3. The largest absolute Gasteiger partial charge is 0.455 e. The summed E-state index contributed by atoms with van der Waals surface area (Å²) in [6.07, 6.45) is 0. The summed E-state index contributed by atoms with van der Waals surface area (Å²) in [6.45, 7) is 0. The highest BCUT2D eigenvalue weighted by molar-refractivity contribution is 7.26. The number of rotatable bonds is 4. The van der Waals surface area contributed by atoms with Crippen LogP contribution < -0.4 is 0 Å². The van der Waals surface area contributed by atoms with Crippen molar-refractivity contribution < 1.29 is 4.42 Å². The monoisotopic (exact) mass is 669 g/mol. The van der Waals surface area contributed by atoms with Gasteiger partial charge in [-0.2, -0.15) is 0 Å². The Balaban J connectivity index is 1.27. The fraction of sp³-hybridized carbons (Fsp3) is 0. The van der Waals surface area contributed by atoms with E-state index >= 15 is 0 Å². The number of thiophene rings is 1. The van der Waals surface area contributed by atoms with Crippen LogP contribution in [0.1, 0.15) is 0 Å².